The lowest BCUT2D eigenvalue weighted by Crippen LogP contribution is -2.41. The molecule has 0 radical (unpaired) electrons. The Kier molecular flexibility index (Phi) is 7.29. The van der Waals surface area contributed by atoms with E-state index >= 15 is 0 Å². The van der Waals surface area contributed by atoms with Gasteiger partial charge in [0, 0.05) is 27.8 Å². The molecular weight excluding hydrogens is 200 g/mol. The van der Waals surface area contributed by atoms with Crippen molar-refractivity contribution in [2.75, 3.05) is 20.8 Å². The highest BCUT2D eigenvalue weighted by molar-refractivity contribution is 5.66. The van der Waals surface area contributed by atoms with Crippen LogP contribution in [0.4, 0.5) is 0 Å². The van der Waals surface area contributed by atoms with Crippen LogP contribution in [0.3, 0.4) is 0 Å². The fraction of sp³-hybridized carbons (Fsp3) is 0.900. The van der Waals surface area contributed by atoms with Crippen LogP contribution in [-0.2, 0) is 19.0 Å². The van der Waals surface area contributed by atoms with E-state index in [9.17, 15) is 4.79 Å². The van der Waals surface area contributed by atoms with Gasteiger partial charge in [0.05, 0.1) is 6.10 Å². The van der Waals surface area contributed by atoms with Crippen molar-refractivity contribution in [2.45, 2.75) is 38.6 Å². The third-order valence-corrected chi connectivity index (χ3v) is 2.17. The highest BCUT2D eigenvalue weighted by atomic mass is 16.6. The predicted molar refractivity (Wildman–Crippen MR) is 54.5 cm³/mol. The Hall–Kier alpha value is -0.650. The summed E-state index contributed by atoms with van der Waals surface area (Å²) in [7, 11) is 3.06. The summed E-state index contributed by atoms with van der Waals surface area (Å²) >= 11 is 0. The molecule has 0 aromatic rings. The summed E-state index contributed by atoms with van der Waals surface area (Å²) < 4.78 is 15.4. The Morgan fingerprint density at radius 3 is 2.27 bits per heavy atom. The van der Waals surface area contributed by atoms with Crippen LogP contribution < -0.4 is 0 Å². The summed E-state index contributed by atoms with van der Waals surface area (Å²) in [5, 5.41) is 8.83. The molecule has 0 amide bonds. The maximum absolute atomic E-state index is 10.8. The molecule has 90 valence electrons. The summed E-state index contributed by atoms with van der Waals surface area (Å²) in [6.07, 6.45) is -0.606. The Balaban J connectivity index is 4.34. The van der Waals surface area contributed by atoms with Gasteiger partial charge in [-0.3, -0.25) is 4.79 Å². The van der Waals surface area contributed by atoms with Crippen LogP contribution in [0.5, 0.6) is 0 Å². The minimum atomic E-state index is -0.399. The van der Waals surface area contributed by atoms with Crippen LogP contribution in [0.1, 0.15) is 20.3 Å². The van der Waals surface area contributed by atoms with Crippen LogP contribution in [0, 0.1) is 0 Å². The van der Waals surface area contributed by atoms with E-state index in [1.807, 2.05) is 0 Å². The van der Waals surface area contributed by atoms with E-state index in [0.29, 0.717) is 6.42 Å². The van der Waals surface area contributed by atoms with E-state index in [1.165, 1.54) is 21.1 Å². The van der Waals surface area contributed by atoms with Gasteiger partial charge in [-0.2, -0.15) is 0 Å². The Morgan fingerprint density at radius 1 is 1.33 bits per heavy atom. The molecule has 0 aliphatic heterocycles. The third-order valence-electron chi connectivity index (χ3n) is 2.17. The summed E-state index contributed by atoms with van der Waals surface area (Å²) in [5.74, 6) is -0.358. The maximum Gasteiger partial charge on any atom is 0.302 e. The van der Waals surface area contributed by atoms with Gasteiger partial charge in [0.1, 0.15) is 12.2 Å². The first-order chi connectivity index (χ1) is 7.06. The Bertz CT molecular complexity index is 183. The standard InChI is InChI=1S/C10H20O5/c1-7(15-8(2)12)10(14-4)9(13-3)5-6-11/h7,9-11H,5-6H2,1-4H3. The second-order valence-electron chi connectivity index (χ2n) is 3.30. The van der Waals surface area contributed by atoms with Crippen molar-refractivity contribution in [1.29, 1.82) is 0 Å². The molecule has 5 nitrogen and oxygen atoms in total. The number of rotatable bonds is 7. The van der Waals surface area contributed by atoms with Gasteiger partial charge in [-0.15, -0.1) is 0 Å². The van der Waals surface area contributed by atoms with Crippen molar-refractivity contribution in [3.63, 3.8) is 0 Å². The molecule has 5 heteroatoms. The van der Waals surface area contributed by atoms with Crippen LogP contribution in [-0.4, -0.2) is 50.2 Å². The highest BCUT2D eigenvalue weighted by Gasteiger charge is 2.28. The molecule has 15 heavy (non-hydrogen) atoms. The number of esters is 1. The molecule has 0 spiro atoms. The first-order valence-corrected chi connectivity index (χ1v) is 4.90. The first-order valence-electron chi connectivity index (χ1n) is 4.90. The average Bonchev–Trinajstić information content (AvgIpc) is 2.16. The first kappa shape index (κ1) is 14.3. The smallest absolute Gasteiger partial charge is 0.302 e. The molecule has 0 saturated carbocycles. The van der Waals surface area contributed by atoms with Crippen molar-refractivity contribution in [2.24, 2.45) is 0 Å². The van der Waals surface area contributed by atoms with Crippen LogP contribution in [0.25, 0.3) is 0 Å². The number of hydrogen-bond acceptors (Lipinski definition) is 5. The second-order valence-corrected chi connectivity index (χ2v) is 3.30. The van der Waals surface area contributed by atoms with E-state index in [4.69, 9.17) is 19.3 Å². The van der Waals surface area contributed by atoms with Crippen molar-refractivity contribution in [3.8, 4) is 0 Å². The Labute approximate surface area is 90.3 Å². The summed E-state index contributed by atoms with van der Waals surface area (Å²) in [6, 6.07) is 0. The quantitative estimate of drug-likeness (QED) is 0.627. The van der Waals surface area contributed by atoms with E-state index in [1.54, 1.807) is 6.92 Å². The number of ether oxygens (including phenoxy) is 3. The van der Waals surface area contributed by atoms with Gasteiger partial charge in [-0.05, 0) is 13.3 Å². The highest BCUT2D eigenvalue weighted by Crippen LogP contribution is 2.13. The zero-order chi connectivity index (χ0) is 11.8. The average molecular weight is 220 g/mol. The van der Waals surface area contributed by atoms with Crippen molar-refractivity contribution < 1.29 is 24.1 Å². The van der Waals surface area contributed by atoms with Crippen molar-refractivity contribution in [3.05, 3.63) is 0 Å². The van der Waals surface area contributed by atoms with Crippen molar-refractivity contribution in [1.82, 2.24) is 0 Å². The largest absolute Gasteiger partial charge is 0.460 e. The maximum atomic E-state index is 10.8. The minimum absolute atomic E-state index is 0.00512. The SMILES string of the molecule is COC(CCO)C(OC)C(C)OC(C)=O. The molecule has 0 rings (SSSR count). The lowest BCUT2D eigenvalue weighted by atomic mass is 10.1. The van der Waals surface area contributed by atoms with Gasteiger partial charge in [-0.25, -0.2) is 0 Å². The van der Waals surface area contributed by atoms with Gasteiger partial charge < -0.3 is 19.3 Å². The summed E-state index contributed by atoms with van der Waals surface area (Å²) in [5.41, 5.74) is 0. The zero-order valence-electron chi connectivity index (χ0n) is 9.73. The molecule has 3 atom stereocenters. The molecule has 0 saturated heterocycles. The number of hydrogen-bond donors (Lipinski definition) is 1. The normalized spacial score (nSPS) is 16.9. The number of aliphatic hydroxyl groups excluding tert-OH is 1. The molecule has 0 aromatic heterocycles. The Morgan fingerprint density at radius 2 is 1.93 bits per heavy atom. The fourth-order valence-electron chi connectivity index (χ4n) is 1.52. The molecule has 0 fully saturated rings. The van der Waals surface area contributed by atoms with Crippen LogP contribution in [0.15, 0.2) is 0 Å². The molecule has 3 unspecified atom stereocenters. The second kappa shape index (κ2) is 7.62. The van der Waals surface area contributed by atoms with Crippen LogP contribution >= 0.6 is 0 Å². The fourth-order valence-corrected chi connectivity index (χ4v) is 1.52. The number of carbonyl (C=O) groups is 1. The summed E-state index contributed by atoms with van der Waals surface area (Å²) in [6.45, 7) is 3.08. The van der Waals surface area contributed by atoms with Crippen LogP contribution in [0.2, 0.25) is 0 Å². The minimum Gasteiger partial charge on any atom is -0.460 e. The van der Waals surface area contributed by atoms with Gasteiger partial charge in [0.25, 0.3) is 0 Å². The molecule has 0 heterocycles. The molecule has 1 N–H and O–H groups in total. The van der Waals surface area contributed by atoms with Gasteiger partial charge >= 0.3 is 5.97 Å². The zero-order valence-corrected chi connectivity index (χ0v) is 9.73. The third kappa shape index (κ3) is 5.11. The van der Waals surface area contributed by atoms with Gasteiger partial charge in [0.2, 0.25) is 0 Å². The predicted octanol–water partition coefficient (Wildman–Crippen LogP) is 0.350. The number of methoxy groups -OCH3 is 2. The van der Waals surface area contributed by atoms with Gasteiger partial charge in [-0.1, -0.05) is 0 Å². The molecule has 0 bridgehead atoms. The molecule has 0 aromatic carbocycles. The lowest BCUT2D eigenvalue weighted by Gasteiger charge is -2.28. The van der Waals surface area contributed by atoms with E-state index in [2.05, 4.69) is 0 Å². The van der Waals surface area contributed by atoms with E-state index < -0.39 is 6.10 Å². The van der Waals surface area contributed by atoms with E-state index in [0.717, 1.165) is 0 Å². The summed E-state index contributed by atoms with van der Waals surface area (Å²) in [4.78, 5) is 10.8. The molecule has 0 aliphatic carbocycles. The topological polar surface area (TPSA) is 65.0 Å². The van der Waals surface area contributed by atoms with Gasteiger partial charge in [0.15, 0.2) is 0 Å². The molecule has 0 aliphatic rings. The molecular formula is C10H20O5. The lowest BCUT2D eigenvalue weighted by molar-refractivity contribution is -0.160. The van der Waals surface area contributed by atoms with E-state index in [-0.39, 0.29) is 24.8 Å². The number of aliphatic hydroxyl groups is 1. The number of carbonyl (C=O) groups excluding carboxylic acids is 1. The monoisotopic (exact) mass is 220 g/mol. The van der Waals surface area contributed by atoms with Crippen molar-refractivity contribution >= 4 is 5.97 Å².